The second kappa shape index (κ2) is 7.10. The summed E-state index contributed by atoms with van der Waals surface area (Å²) >= 11 is 12.6. The first-order valence-corrected chi connectivity index (χ1v) is 8.55. The molecule has 116 valence electrons. The van der Waals surface area contributed by atoms with Crippen LogP contribution in [-0.2, 0) is 9.53 Å². The van der Waals surface area contributed by atoms with Gasteiger partial charge in [0.15, 0.2) is 0 Å². The second-order valence-corrected chi connectivity index (χ2v) is 7.15. The van der Waals surface area contributed by atoms with Crippen molar-refractivity contribution in [2.45, 2.75) is 0 Å². The first-order valence-electron chi connectivity index (χ1n) is 6.94. The van der Waals surface area contributed by atoms with Crippen LogP contribution in [0.4, 0.5) is 0 Å². The van der Waals surface area contributed by atoms with Gasteiger partial charge in [0, 0.05) is 18.1 Å². The number of hydrogen-bond acceptors (Lipinski definition) is 5. The van der Waals surface area contributed by atoms with Gasteiger partial charge in [-0.1, -0.05) is 47.7 Å². The van der Waals surface area contributed by atoms with Gasteiger partial charge < -0.3 is 4.74 Å². The molecule has 0 bridgehead atoms. The van der Waals surface area contributed by atoms with Gasteiger partial charge in [0.2, 0.25) is 0 Å². The number of halogens is 1. The zero-order chi connectivity index (χ0) is 15.5. The molecule has 0 N–H and O–H groups in total. The van der Waals surface area contributed by atoms with Gasteiger partial charge in [-0.2, -0.15) is 0 Å². The maximum absolute atomic E-state index is 12.5. The van der Waals surface area contributed by atoms with Crippen LogP contribution in [0.2, 0.25) is 5.02 Å². The van der Waals surface area contributed by atoms with Crippen LogP contribution in [-0.4, -0.2) is 53.0 Å². The third-order valence-corrected chi connectivity index (χ3v) is 5.12. The Labute approximate surface area is 144 Å². The third kappa shape index (κ3) is 3.70. The molecular formula is C15H15ClN2O2S2. The molecule has 0 radical (unpaired) electrons. The second-order valence-electron chi connectivity index (χ2n) is 5.03. The lowest BCUT2D eigenvalue weighted by Crippen LogP contribution is -2.45. The van der Waals surface area contributed by atoms with E-state index in [-0.39, 0.29) is 5.91 Å². The Balaban J connectivity index is 1.71. The van der Waals surface area contributed by atoms with Crippen LogP contribution in [0, 0.1) is 0 Å². The molecule has 22 heavy (non-hydrogen) atoms. The van der Waals surface area contributed by atoms with E-state index in [1.165, 1.54) is 11.8 Å². The molecule has 2 fully saturated rings. The monoisotopic (exact) mass is 354 g/mol. The van der Waals surface area contributed by atoms with Gasteiger partial charge in [-0.3, -0.25) is 14.6 Å². The fourth-order valence-electron chi connectivity index (χ4n) is 2.27. The summed E-state index contributed by atoms with van der Waals surface area (Å²) in [6, 6.07) is 7.39. The van der Waals surface area contributed by atoms with E-state index in [0.29, 0.717) is 34.1 Å². The SMILES string of the molecule is O=C1/C(=C/c2ccc(Cl)cc2)SC(=S)N1CN1CCOCC1. The summed E-state index contributed by atoms with van der Waals surface area (Å²) in [4.78, 5) is 17.0. The van der Waals surface area contributed by atoms with E-state index in [4.69, 9.17) is 28.6 Å². The summed E-state index contributed by atoms with van der Waals surface area (Å²) in [5.74, 6) is -0.0311. The van der Waals surface area contributed by atoms with Crippen molar-refractivity contribution in [3.8, 4) is 0 Å². The Morgan fingerprint density at radius 1 is 1.27 bits per heavy atom. The minimum absolute atomic E-state index is 0.0311. The fraction of sp³-hybridized carbons (Fsp3) is 0.333. The van der Waals surface area contributed by atoms with Crippen molar-refractivity contribution in [1.29, 1.82) is 0 Å². The molecule has 1 amide bonds. The van der Waals surface area contributed by atoms with Crippen LogP contribution in [0.5, 0.6) is 0 Å². The molecule has 0 atom stereocenters. The van der Waals surface area contributed by atoms with Crippen LogP contribution in [0.15, 0.2) is 29.2 Å². The van der Waals surface area contributed by atoms with Crippen LogP contribution in [0.3, 0.4) is 0 Å². The van der Waals surface area contributed by atoms with E-state index in [0.717, 1.165) is 18.7 Å². The molecule has 1 aromatic rings. The molecular weight excluding hydrogens is 340 g/mol. The third-order valence-electron chi connectivity index (χ3n) is 3.49. The van der Waals surface area contributed by atoms with Crippen molar-refractivity contribution in [3.63, 3.8) is 0 Å². The molecule has 2 aliphatic heterocycles. The first kappa shape index (κ1) is 16.0. The maximum atomic E-state index is 12.5. The summed E-state index contributed by atoms with van der Waals surface area (Å²) < 4.78 is 5.93. The Bertz CT molecular complexity index is 612. The van der Waals surface area contributed by atoms with Gasteiger partial charge in [-0.25, -0.2) is 0 Å². The van der Waals surface area contributed by atoms with E-state index < -0.39 is 0 Å². The molecule has 0 spiro atoms. The number of rotatable bonds is 3. The predicted molar refractivity (Wildman–Crippen MR) is 93.7 cm³/mol. The highest BCUT2D eigenvalue weighted by molar-refractivity contribution is 8.26. The standard InChI is InChI=1S/C15H15ClN2O2S2/c16-12-3-1-11(2-4-12)9-13-14(19)18(15(21)22-13)10-17-5-7-20-8-6-17/h1-4,9H,5-8,10H2/b13-9-. The number of thioether (sulfide) groups is 1. The zero-order valence-corrected chi connectivity index (χ0v) is 14.2. The summed E-state index contributed by atoms with van der Waals surface area (Å²) in [6.07, 6.45) is 1.86. The highest BCUT2D eigenvalue weighted by Gasteiger charge is 2.33. The van der Waals surface area contributed by atoms with Gasteiger partial charge in [0.05, 0.1) is 24.8 Å². The lowest BCUT2D eigenvalue weighted by Gasteiger charge is -2.29. The van der Waals surface area contributed by atoms with Gasteiger partial charge in [0.1, 0.15) is 4.32 Å². The topological polar surface area (TPSA) is 32.8 Å². The molecule has 2 heterocycles. The molecule has 3 rings (SSSR count). The number of ether oxygens (including phenoxy) is 1. The molecule has 2 aliphatic rings. The Morgan fingerprint density at radius 2 is 1.95 bits per heavy atom. The summed E-state index contributed by atoms with van der Waals surface area (Å²) in [5.41, 5.74) is 0.941. The van der Waals surface area contributed by atoms with E-state index in [9.17, 15) is 4.79 Å². The van der Waals surface area contributed by atoms with Gasteiger partial charge >= 0.3 is 0 Å². The number of hydrogen-bond donors (Lipinski definition) is 0. The van der Waals surface area contributed by atoms with Crippen molar-refractivity contribution in [2.75, 3.05) is 33.0 Å². The number of nitrogens with zero attached hydrogens (tertiary/aromatic N) is 2. The summed E-state index contributed by atoms with van der Waals surface area (Å²) in [7, 11) is 0. The average molecular weight is 355 g/mol. The minimum Gasteiger partial charge on any atom is -0.379 e. The lowest BCUT2D eigenvalue weighted by molar-refractivity contribution is -0.124. The highest BCUT2D eigenvalue weighted by Crippen LogP contribution is 2.32. The fourth-order valence-corrected chi connectivity index (χ4v) is 3.64. The molecule has 0 saturated carbocycles. The normalized spacial score (nSPS) is 21.9. The number of carbonyl (C=O) groups is 1. The predicted octanol–water partition coefficient (Wildman–Crippen LogP) is 2.83. The minimum atomic E-state index is -0.0311. The van der Waals surface area contributed by atoms with Crippen LogP contribution < -0.4 is 0 Å². The van der Waals surface area contributed by atoms with Crippen molar-refractivity contribution >= 4 is 51.9 Å². The summed E-state index contributed by atoms with van der Waals surface area (Å²) in [5, 5.41) is 0.678. The number of amides is 1. The molecule has 2 saturated heterocycles. The van der Waals surface area contributed by atoms with Crippen molar-refractivity contribution in [3.05, 3.63) is 39.8 Å². The smallest absolute Gasteiger partial charge is 0.267 e. The Morgan fingerprint density at radius 3 is 2.64 bits per heavy atom. The lowest BCUT2D eigenvalue weighted by atomic mass is 10.2. The van der Waals surface area contributed by atoms with Crippen LogP contribution in [0.25, 0.3) is 6.08 Å². The number of benzene rings is 1. The van der Waals surface area contributed by atoms with Crippen molar-refractivity contribution in [1.82, 2.24) is 9.80 Å². The van der Waals surface area contributed by atoms with E-state index in [1.54, 1.807) is 4.90 Å². The van der Waals surface area contributed by atoms with Gasteiger partial charge in [0.25, 0.3) is 5.91 Å². The first-order chi connectivity index (χ1) is 10.6. The van der Waals surface area contributed by atoms with Crippen LogP contribution >= 0.6 is 35.6 Å². The van der Waals surface area contributed by atoms with E-state index in [1.807, 2.05) is 30.3 Å². The Hall–Kier alpha value is -0.920. The number of thiocarbonyl (C=S) groups is 1. The molecule has 7 heteroatoms. The highest BCUT2D eigenvalue weighted by atomic mass is 35.5. The number of morpholine rings is 1. The number of carbonyl (C=O) groups excluding carboxylic acids is 1. The van der Waals surface area contributed by atoms with E-state index >= 15 is 0 Å². The van der Waals surface area contributed by atoms with Crippen LogP contribution in [0.1, 0.15) is 5.56 Å². The van der Waals surface area contributed by atoms with Crippen molar-refractivity contribution < 1.29 is 9.53 Å². The molecule has 4 nitrogen and oxygen atoms in total. The van der Waals surface area contributed by atoms with Crippen molar-refractivity contribution in [2.24, 2.45) is 0 Å². The van der Waals surface area contributed by atoms with E-state index in [2.05, 4.69) is 4.90 Å². The quantitative estimate of drug-likeness (QED) is 0.615. The largest absolute Gasteiger partial charge is 0.379 e. The maximum Gasteiger partial charge on any atom is 0.267 e. The molecule has 0 aliphatic carbocycles. The van der Waals surface area contributed by atoms with Gasteiger partial charge in [-0.15, -0.1) is 0 Å². The molecule has 1 aromatic carbocycles. The molecule has 0 unspecified atom stereocenters. The van der Waals surface area contributed by atoms with Gasteiger partial charge in [-0.05, 0) is 23.8 Å². The zero-order valence-electron chi connectivity index (χ0n) is 11.8. The molecule has 0 aromatic heterocycles. The average Bonchev–Trinajstić information content (AvgIpc) is 2.78. The Kier molecular flexibility index (Phi) is 5.15. The summed E-state index contributed by atoms with van der Waals surface area (Å²) in [6.45, 7) is 3.59.